The van der Waals surface area contributed by atoms with Crippen LogP contribution in [0, 0.1) is 0 Å². The van der Waals surface area contributed by atoms with Gasteiger partial charge in [-0.15, -0.1) is 0 Å². The molecule has 9 heavy (non-hydrogen) atoms. The molecule has 0 amide bonds. The lowest BCUT2D eigenvalue weighted by Gasteiger charge is -2.28. The van der Waals surface area contributed by atoms with Crippen LogP contribution in [0.2, 0.25) is 0 Å². The minimum Gasteiger partial charge on any atom is -0.370 e. The van der Waals surface area contributed by atoms with Gasteiger partial charge in [0, 0.05) is 0 Å². The molecular formula is C6H15ClNO+. The number of hydrogen-bond acceptors (Lipinski definition) is 1. The van der Waals surface area contributed by atoms with Crippen LogP contribution in [0.1, 0.15) is 6.92 Å². The molecule has 0 saturated carbocycles. The van der Waals surface area contributed by atoms with Crippen molar-refractivity contribution in [2.24, 2.45) is 0 Å². The molecule has 0 aliphatic rings. The first-order valence-electron chi connectivity index (χ1n) is 2.92. The third-order valence-corrected chi connectivity index (χ3v) is 0.882. The van der Waals surface area contributed by atoms with Gasteiger partial charge in [-0.3, -0.25) is 0 Å². The molecule has 3 heteroatoms. The van der Waals surface area contributed by atoms with Gasteiger partial charge in [0.1, 0.15) is 6.54 Å². The van der Waals surface area contributed by atoms with Gasteiger partial charge < -0.3 is 9.59 Å². The van der Waals surface area contributed by atoms with Crippen molar-refractivity contribution in [3.05, 3.63) is 0 Å². The minimum absolute atomic E-state index is 0.550. The van der Waals surface area contributed by atoms with Gasteiger partial charge in [-0.2, -0.15) is 0 Å². The van der Waals surface area contributed by atoms with Gasteiger partial charge in [0.15, 0.2) is 5.06 Å². The zero-order valence-corrected chi connectivity index (χ0v) is 7.24. The molecule has 0 aliphatic heterocycles. The van der Waals surface area contributed by atoms with Crippen LogP contribution in [0.15, 0.2) is 0 Å². The fraction of sp³-hybridized carbons (Fsp3) is 1.00. The molecular weight excluding hydrogens is 138 g/mol. The number of hydrogen-bond donors (Lipinski definition) is 1. The molecule has 56 valence electrons. The molecule has 0 spiro atoms. The van der Waals surface area contributed by atoms with Crippen LogP contribution < -0.4 is 0 Å². The summed E-state index contributed by atoms with van der Waals surface area (Å²) in [4.78, 5) is 0. The minimum atomic E-state index is -1.07. The summed E-state index contributed by atoms with van der Waals surface area (Å²) in [5.74, 6) is 0. The van der Waals surface area contributed by atoms with Crippen LogP contribution in [0.25, 0.3) is 0 Å². The third-order valence-electron chi connectivity index (χ3n) is 0.763. The van der Waals surface area contributed by atoms with Crippen molar-refractivity contribution in [3.8, 4) is 0 Å². The van der Waals surface area contributed by atoms with Crippen molar-refractivity contribution in [3.63, 3.8) is 0 Å². The Kier molecular flexibility index (Phi) is 2.50. The Labute approximate surface area is 61.6 Å². The monoisotopic (exact) mass is 152 g/mol. The molecule has 2 nitrogen and oxygen atoms in total. The lowest BCUT2D eigenvalue weighted by atomic mass is 10.3. The molecule has 0 aromatic carbocycles. The summed E-state index contributed by atoms with van der Waals surface area (Å²) >= 11 is 5.56. The van der Waals surface area contributed by atoms with Crippen LogP contribution in [0.3, 0.4) is 0 Å². The highest BCUT2D eigenvalue weighted by Crippen LogP contribution is 2.12. The Bertz CT molecular complexity index is 78.2. The Morgan fingerprint density at radius 3 is 1.78 bits per heavy atom. The van der Waals surface area contributed by atoms with E-state index in [2.05, 4.69) is 0 Å². The molecule has 0 bridgehead atoms. The molecule has 0 rings (SSSR count). The highest BCUT2D eigenvalue weighted by atomic mass is 35.5. The second-order valence-corrected chi connectivity index (χ2v) is 4.41. The fourth-order valence-electron chi connectivity index (χ4n) is 0.866. The fourth-order valence-corrected chi connectivity index (χ4v) is 1.22. The van der Waals surface area contributed by atoms with E-state index < -0.39 is 5.06 Å². The average Bonchev–Trinajstić information content (AvgIpc) is 1.14. The smallest absolute Gasteiger partial charge is 0.184 e. The van der Waals surface area contributed by atoms with Crippen molar-refractivity contribution < 1.29 is 9.59 Å². The second kappa shape index (κ2) is 2.45. The molecule has 0 saturated heterocycles. The first kappa shape index (κ1) is 9.21. The van der Waals surface area contributed by atoms with E-state index in [0.717, 1.165) is 0 Å². The van der Waals surface area contributed by atoms with E-state index in [1.165, 1.54) is 0 Å². The predicted octanol–water partition coefficient (Wildman–Crippen LogP) is 0.640. The number of aliphatic hydroxyl groups is 1. The molecule has 1 atom stereocenters. The molecule has 0 fully saturated rings. The summed E-state index contributed by atoms with van der Waals surface area (Å²) in [6.07, 6.45) is 0. The Balaban J connectivity index is 3.75. The van der Waals surface area contributed by atoms with Crippen LogP contribution in [-0.4, -0.2) is 42.3 Å². The predicted molar refractivity (Wildman–Crippen MR) is 39.4 cm³/mol. The number of rotatable bonds is 2. The van der Waals surface area contributed by atoms with E-state index in [1.54, 1.807) is 6.92 Å². The van der Waals surface area contributed by atoms with E-state index in [0.29, 0.717) is 11.0 Å². The third kappa shape index (κ3) is 8.21. The summed E-state index contributed by atoms with van der Waals surface area (Å²) in [7, 11) is 5.95. The lowest BCUT2D eigenvalue weighted by molar-refractivity contribution is -0.874. The SMILES string of the molecule is CC(O)(Cl)C[N+](C)(C)C. The molecule has 1 N–H and O–H groups in total. The number of likely N-dealkylation sites (N-methyl/N-ethyl adjacent to an activating group) is 1. The summed E-state index contributed by atoms with van der Waals surface area (Å²) < 4.78 is 0.677. The molecule has 0 radical (unpaired) electrons. The van der Waals surface area contributed by atoms with E-state index in [9.17, 15) is 0 Å². The zero-order chi connectivity index (χ0) is 7.71. The molecule has 0 aliphatic carbocycles. The van der Waals surface area contributed by atoms with Gasteiger partial charge in [0.2, 0.25) is 0 Å². The highest BCUT2D eigenvalue weighted by Gasteiger charge is 2.24. The summed E-state index contributed by atoms with van der Waals surface area (Å²) in [5, 5.41) is 8.03. The van der Waals surface area contributed by atoms with Crippen LogP contribution >= 0.6 is 11.6 Å². The first-order chi connectivity index (χ1) is 3.71. The highest BCUT2D eigenvalue weighted by molar-refractivity contribution is 6.22. The van der Waals surface area contributed by atoms with Crippen LogP contribution in [-0.2, 0) is 0 Å². The number of quaternary nitrogens is 1. The normalized spacial score (nSPS) is 19.3. The second-order valence-electron chi connectivity index (χ2n) is 3.59. The Morgan fingerprint density at radius 1 is 1.44 bits per heavy atom. The van der Waals surface area contributed by atoms with Gasteiger partial charge in [-0.25, -0.2) is 0 Å². The van der Waals surface area contributed by atoms with E-state index >= 15 is 0 Å². The van der Waals surface area contributed by atoms with E-state index in [4.69, 9.17) is 16.7 Å². The van der Waals surface area contributed by atoms with Gasteiger partial charge in [0.25, 0.3) is 0 Å². The van der Waals surface area contributed by atoms with Crippen molar-refractivity contribution >= 4 is 11.6 Å². The van der Waals surface area contributed by atoms with Crippen LogP contribution in [0.5, 0.6) is 0 Å². The summed E-state index contributed by atoms with van der Waals surface area (Å²) in [6.45, 7) is 2.15. The Morgan fingerprint density at radius 2 is 1.78 bits per heavy atom. The number of halogens is 1. The van der Waals surface area contributed by atoms with Crippen molar-refractivity contribution in [2.45, 2.75) is 12.0 Å². The quantitative estimate of drug-likeness (QED) is 0.455. The van der Waals surface area contributed by atoms with Crippen molar-refractivity contribution in [1.82, 2.24) is 0 Å². The van der Waals surface area contributed by atoms with Crippen molar-refractivity contribution in [1.29, 1.82) is 0 Å². The average molecular weight is 153 g/mol. The van der Waals surface area contributed by atoms with Gasteiger partial charge in [0.05, 0.1) is 21.1 Å². The molecule has 1 unspecified atom stereocenters. The van der Waals surface area contributed by atoms with E-state index in [-0.39, 0.29) is 0 Å². The van der Waals surface area contributed by atoms with E-state index in [1.807, 2.05) is 21.1 Å². The maximum Gasteiger partial charge on any atom is 0.184 e. The number of alkyl halides is 1. The maximum atomic E-state index is 9.10. The topological polar surface area (TPSA) is 20.2 Å². The van der Waals surface area contributed by atoms with Gasteiger partial charge in [-0.05, 0) is 6.92 Å². The number of nitrogens with zero attached hydrogens (tertiary/aromatic N) is 1. The Hall–Kier alpha value is 0.210. The summed E-state index contributed by atoms with van der Waals surface area (Å²) in [5.41, 5.74) is 0. The standard InChI is InChI=1S/C6H15ClNO/c1-6(7,9)5-8(2,3)4/h9H,5H2,1-4H3/q+1. The molecule has 0 aromatic heterocycles. The molecule has 0 heterocycles. The van der Waals surface area contributed by atoms with Crippen LogP contribution in [0.4, 0.5) is 0 Å². The largest absolute Gasteiger partial charge is 0.370 e. The van der Waals surface area contributed by atoms with Crippen molar-refractivity contribution in [2.75, 3.05) is 27.7 Å². The maximum absolute atomic E-state index is 9.10. The zero-order valence-electron chi connectivity index (χ0n) is 6.48. The van der Waals surface area contributed by atoms with Gasteiger partial charge in [-0.1, -0.05) is 11.6 Å². The lowest BCUT2D eigenvalue weighted by Crippen LogP contribution is -2.44. The van der Waals surface area contributed by atoms with Gasteiger partial charge >= 0.3 is 0 Å². The summed E-state index contributed by atoms with van der Waals surface area (Å²) in [6, 6.07) is 0. The first-order valence-corrected chi connectivity index (χ1v) is 3.30. The molecule has 0 aromatic rings.